The zero-order valence-corrected chi connectivity index (χ0v) is 19.5. The summed E-state index contributed by atoms with van der Waals surface area (Å²) < 4.78 is 2.12. The Morgan fingerprint density at radius 3 is 2.53 bits per heavy atom. The molecule has 0 aliphatic carbocycles. The van der Waals surface area contributed by atoms with Crippen molar-refractivity contribution >= 4 is 29.0 Å². The number of aromatic nitrogens is 3. The van der Waals surface area contributed by atoms with E-state index in [2.05, 4.69) is 37.1 Å². The van der Waals surface area contributed by atoms with Crippen molar-refractivity contribution in [3.05, 3.63) is 77.6 Å². The lowest BCUT2D eigenvalue weighted by atomic mass is 10.1. The molecule has 0 bridgehead atoms. The van der Waals surface area contributed by atoms with Gasteiger partial charge in [0, 0.05) is 47.9 Å². The molecular formula is C27H28N6O. The molecule has 1 fully saturated rings. The lowest BCUT2D eigenvalue weighted by molar-refractivity contribution is 0.0950. The van der Waals surface area contributed by atoms with E-state index < -0.39 is 0 Å². The molecule has 1 aliphatic heterocycles. The lowest BCUT2D eigenvalue weighted by Crippen LogP contribution is -2.32. The van der Waals surface area contributed by atoms with Gasteiger partial charge in [-0.3, -0.25) is 4.79 Å². The van der Waals surface area contributed by atoms with Crippen LogP contribution in [-0.2, 0) is 7.05 Å². The highest BCUT2D eigenvalue weighted by molar-refractivity contribution is 6.02. The second kappa shape index (κ2) is 9.47. The van der Waals surface area contributed by atoms with Crippen LogP contribution in [0.5, 0.6) is 0 Å². The van der Waals surface area contributed by atoms with Crippen molar-refractivity contribution < 1.29 is 4.79 Å². The van der Waals surface area contributed by atoms with E-state index >= 15 is 0 Å². The molecule has 34 heavy (non-hydrogen) atoms. The Labute approximate surface area is 199 Å². The van der Waals surface area contributed by atoms with Crippen molar-refractivity contribution in [3.63, 3.8) is 0 Å². The second-order valence-corrected chi connectivity index (χ2v) is 8.63. The number of nitrogens with one attached hydrogen (secondary N) is 1. The van der Waals surface area contributed by atoms with Gasteiger partial charge in [-0.1, -0.05) is 48.5 Å². The molecule has 2 aromatic carbocycles. The average Bonchev–Trinajstić information content (AvgIpc) is 3.14. The minimum absolute atomic E-state index is 0.307. The molecule has 0 saturated carbocycles. The average molecular weight is 453 g/mol. The molecule has 2 aromatic heterocycles. The highest BCUT2D eigenvalue weighted by Gasteiger charge is 2.19. The lowest BCUT2D eigenvalue weighted by Gasteiger charge is -2.27. The van der Waals surface area contributed by atoms with Crippen molar-refractivity contribution in [2.75, 3.05) is 18.0 Å². The normalized spacial score (nSPS) is 14.1. The molecule has 0 spiro atoms. The highest BCUT2D eigenvalue weighted by atomic mass is 16.2. The Morgan fingerprint density at radius 2 is 1.74 bits per heavy atom. The molecule has 0 atom stereocenters. The van der Waals surface area contributed by atoms with Gasteiger partial charge in [0.05, 0.1) is 11.9 Å². The number of aryl methyl sites for hydroxylation is 1. The zero-order valence-electron chi connectivity index (χ0n) is 19.5. The van der Waals surface area contributed by atoms with Crippen molar-refractivity contribution in [1.29, 1.82) is 0 Å². The summed E-state index contributed by atoms with van der Waals surface area (Å²) in [4.78, 5) is 24.6. The number of rotatable bonds is 5. The van der Waals surface area contributed by atoms with Gasteiger partial charge in [0.25, 0.3) is 5.91 Å². The number of piperidine rings is 1. The van der Waals surface area contributed by atoms with Gasteiger partial charge in [-0.2, -0.15) is 5.10 Å². The van der Waals surface area contributed by atoms with Crippen LogP contribution in [0.25, 0.3) is 22.2 Å². The van der Waals surface area contributed by atoms with E-state index in [0.717, 1.165) is 59.3 Å². The fourth-order valence-electron chi connectivity index (χ4n) is 4.47. The van der Waals surface area contributed by atoms with E-state index in [0.29, 0.717) is 11.6 Å². The number of benzene rings is 2. The fourth-order valence-corrected chi connectivity index (χ4v) is 4.47. The molecule has 5 rings (SSSR count). The van der Waals surface area contributed by atoms with Crippen molar-refractivity contribution in [2.45, 2.75) is 26.2 Å². The molecular weight excluding hydrogens is 424 g/mol. The first-order valence-electron chi connectivity index (χ1n) is 11.7. The summed E-state index contributed by atoms with van der Waals surface area (Å²) in [5.41, 5.74) is 7.86. The predicted molar refractivity (Wildman–Crippen MR) is 136 cm³/mol. The van der Waals surface area contributed by atoms with Gasteiger partial charge in [0.15, 0.2) is 0 Å². The smallest absolute Gasteiger partial charge is 0.290 e. The van der Waals surface area contributed by atoms with Gasteiger partial charge in [0.2, 0.25) is 5.95 Å². The Morgan fingerprint density at radius 1 is 1.00 bits per heavy atom. The van der Waals surface area contributed by atoms with Gasteiger partial charge in [-0.25, -0.2) is 15.4 Å². The van der Waals surface area contributed by atoms with Gasteiger partial charge < -0.3 is 9.47 Å². The summed E-state index contributed by atoms with van der Waals surface area (Å²) in [7, 11) is 2.03. The van der Waals surface area contributed by atoms with E-state index in [1.165, 1.54) is 6.42 Å². The van der Waals surface area contributed by atoms with Gasteiger partial charge in [0.1, 0.15) is 5.69 Å². The summed E-state index contributed by atoms with van der Waals surface area (Å²) >= 11 is 0. The first kappa shape index (κ1) is 21.8. The monoisotopic (exact) mass is 452 g/mol. The third-order valence-corrected chi connectivity index (χ3v) is 6.46. The molecule has 172 valence electrons. The van der Waals surface area contributed by atoms with E-state index in [4.69, 9.17) is 4.98 Å². The summed E-state index contributed by atoms with van der Waals surface area (Å²) in [6.45, 7) is 3.85. The first-order valence-corrected chi connectivity index (χ1v) is 11.7. The maximum absolute atomic E-state index is 13.1. The number of carbonyl (C=O) groups is 1. The second-order valence-electron chi connectivity index (χ2n) is 8.63. The van der Waals surface area contributed by atoms with Crippen LogP contribution >= 0.6 is 0 Å². The summed E-state index contributed by atoms with van der Waals surface area (Å²) in [6, 6.07) is 19.8. The molecule has 7 heteroatoms. The van der Waals surface area contributed by atoms with Crippen LogP contribution in [0.1, 0.15) is 41.0 Å². The largest absolute Gasteiger partial charge is 0.347 e. The maximum atomic E-state index is 13.1. The van der Waals surface area contributed by atoms with Crippen LogP contribution in [0.2, 0.25) is 0 Å². The number of amides is 1. The van der Waals surface area contributed by atoms with Gasteiger partial charge in [-0.15, -0.1) is 0 Å². The third-order valence-electron chi connectivity index (χ3n) is 6.46. The molecule has 3 heterocycles. The van der Waals surface area contributed by atoms with E-state index in [1.54, 1.807) is 12.3 Å². The van der Waals surface area contributed by atoms with Crippen LogP contribution in [0, 0.1) is 6.92 Å². The topological polar surface area (TPSA) is 75.4 Å². The number of hydrogen-bond acceptors (Lipinski definition) is 5. The van der Waals surface area contributed by atoms with Crippen LogP contribution in [0.3, 0.4) is 0 Å². The molecule has 7 nitrogen and oxygen atoms in total. The number of anilines is 1. The Kier molecular flexibility index (Phi) is 6.08. The molecule has 1 amide bonds. The highest BCUT2D eigenvalue weighted by Crippen LogP contribution is 2.24. The first-order chi connectivity index (χ1) is 16.6. The van der Waals surface area contributed by atoms with Crippen molar-refractivity contribution in [3.8, 4) is 11.3 Å². The number of hydrogen-bond donors (Lipinski definition) is 1. The molecule has 0 radical (unpaired) electrons. The minimum Gasteiger partial charge on any atom is -0.347 e. The third kappa shape index (κ3) is 4.29. The van der Waals surface area contributed by atoms with Crippen LogP contribution < -0.4 is 10.3 Å². The molecule has 1 N–H and O–H groups in total. The van der Waals surface area contributed by atoms with Crippen LogP contribution in [-0.4, -0.2) is 39.7 Å². The van der Waals surface area contributed by atoms with Crippen molar-refractivity contribution in [1.82, 2.24) is 20.0 Å². The standard InChI is InChI=1S/C27H28N6O/c1-19-22(21-13-7-8-14-25(21)32(19)2)18-28-31-26(34)24-17-23(20-11-5-3-6-12-20)29-27(30-24)33-15-9-4-10-16-33/h3,5-8,11-14,17-18H,4,9-10,15-16H2,1-2H3,(H,31,34)/b28-18+. The predicted octanol–water partition coefficient (Wildman–Crippen LogP) is 4.70. The van der Waals surface area contributed by atoms with Gasteiger partial charge in [-0.05, 0) is 38.3 Å². The summed E-state index contributed by atoms with van der Waals surface area (Å²) in [6.07, 6.45) is 5.13. The number of fused-ring (bicyclic) bond motifs is 1. The maximum Gasteiger partial charge on any atom is 0.290 e. The fraction of sp³-hybridized carbons (Fsp3) is 0.259. The van der Waals surface area contributed by atoms with E-state index in [1.807, 2.05) is 56.4 Å². The van der Waals surface area contributed by atoms with Crippen molar-refractivity contribution in [2.24, 2.45) is 12.1 Å². The molecule has 0 unspecified atom stereocenters. The molecule has 4 aromatic rings. The van der Waals surface area contributed by atoms with Crippen LogP contribution in [0.15, 0.2) is 65.8 Å². The number of hydrazone groups is 1. The Bertz CT molecular complexity index is 1350. The Balaban J connectivity index is 1.44. The van der Waals surface area contributed by atoms with Crippen LogP contribution in [0.4, 0.5) is 5.95 Å². The SMILES string of the molecule is Cc1c(/C=N/NC(=O)c2cc(-c3ccccc3)nc(N3CCCCC3)n2)c2ccccc2n1C. The summed E-state index contributed by atoms with van der Waals surface area (Å²) in [5, 5.41) is 5.37. The quantitative estimate of drug-likeness (QED) is 0.352. The number of para-hydroxylation sites is 1. The molecule has 1 saturated heterocycles. The van der Waals surface area contributed by atoms with Gasteiger partial charge >= 0.3 is 0 Å². The minimum atomic E-state index is -0.355. The Hall–Kier alpha value is -4.00. The van der Waals surface area contributed by atoms with E-state index in [-0.39, 0.29) is 5.91 Å². The molecule has 1 aliphatic rings. The zero-order chi connectivity index (χ0) is 23.5. The number of carbonyl (C=O) groups excluding carboxylic acids is 1. The summed E-state index contributed by atoms with van der Waals surface area (Å²) in [5.74, 6) is 0.243. The number of nitrogens with zero attached hydrogens (tertiary/aromatic N) is 5. The van der Waals surface area contributed by atoms with E-state index in [9.17, 15) is 4.79 Å².